The molecule has 1 N–H and O–H groups in total. The van der Waals surface area contributed by atoms with Crippen molar-refractivity contribution in [1.29, 1.82) is 0 Å². The molecule has 4 heteroatoms. The lowest BCUT2D eigenvalue weighted by Gasteiger charge is -2.32. The van der Waals surface area contributed by atoms with Gasteiger partial charge in [0.05, 0.1) is 12.6 Å². The minimum Gasteiger partial charge on any atom is -0.393 e. The lowest BCUT2D eigenvalue weighted by Crippen LogP contribution is -2.42. The first-order chi connectivity index (χ1) is 9.66. The summed E-state index contributed by atoms with van der Waals surface area (Å²) in [6, 6.07) is 0. The van der Waals surface area contributed by atoms with Crippen molar-refractivity contribution in [3.05, 3.63) is 0 Å². The molecule has 0 aromatic rings. The molecule has 1 saturated heterocycles. The molecule has 1 aliphatic heterocycles. The van der Waals surface area contributed by atoms with Gasteiger partial charge in [-0.15, -0.1) is 0 Å². The SMILES string of the molecule is CN(CC(=O)N1CCCCCC1)CC1CCCCC1O. The van der Waals surface area contributed by atoms with E-state index >= 15 is 0 Å². The topological polar surface area (TPSA) is 43.8 Å². The summed E-state index contributed by atoms with van der Waals surface area (Å²) in [4.78, 5) is 16.4. The number of likely N-dealkylation sites (tertiary alicyclic amines) is 1. The van der Waals surface area contributed by atoms with Crippen molar-refractivity contribution in [2.75, 3.05) is 33.2 Å². The maximum Gasteiger partial charge on any atom is 0.236 e. The van der Waals surface area contributed by atoms with E-state index in [4.69, 9.17) is 0 Å². The number of hydrogen-bond acceptors (Lipinski definition) is 3. The fraction of sp³-hybridized carbons (Fsp3) is 0.938. The van der Waals surface area contributed by atoms with Crippen LogP contribution >= 0.6 is 0 Å². The van der Waals surface area contributed by atoms with Crippen LogP contribution in [0.4, 0.5) is 0 Å². The van der Waals surface area contributed by atoms with Gasteiger partial charge < -0.3 is 10.0 Å². The molecule has 0 bridgehead atoms. The highest BCUT2D eigenvalue weighted by atomic mass is 16.3. The van der Waals surface area contributed by atoms with E-state index in [1.54, 1.807) is 0 Å². The van der Waals surface area contributed by atoms with Gasteiger partial charge in [-0.1, -0.05) is 25.7 Å². The van der Waals surface area contributed by atoms with E-state index in [1.807, 2.05) is 11.9 Å². The van der Waals surface area contributed by atoms with Gasteiger partial charge in [-0.3, -0.25) is 9.69 Å². The van der Waals surface area contributed by atoms with E-state index in [-0.39, 0.29) is 12.0 Å². The Kier molecular flexibility index (Phi) is 6.30. The molecule has 0 spiro atoms. The summed E-state index contributed by atoms with van der Waals surface area (Å²) in [5.74, 6) is 0.616. The molecule has 2 atom stereocenters. The monoisotopic (exact) mass is 282 g/mol. The van der Waals surface area contributed by atoms with Gasteiger partial charge in [0.2, 0.25) is 5.91 Å². The number of amides is 1. The predicted octanol–water partition coefficient (Wildman–Crippen LogP) is 1.87. The number of hydrogen-bond donors (Lipinski definition) is 1. The fourth-order valence-electron chi connectivity index (χ4n) is 3.52. The largest absolute Gasteiger partial charge is 0.393 e. The molecule has 2 rings (SSSR count). The minimum atomic E-state index is -0.167. The Morgan fingerprint density at radius 1 is 1.10 bits per heavy atom. The summed E-state index contributed by atoms with van der Waals surface area (Å²) in [7, 11) is 2.01. The van der Waals surface area contributed by atoms with E-state index < -0.39 is 0 Å². The van der Waals surface area contributed by atoms with Gasteiger partial charge in [0.1, 0.15) is 0 Å². The van der Waals surface area contributed by atoms with Crippen molar-refractivity contribution in [1.82, 2.24) is 9.80 Å². The van der Waals surface area contributed by atoms with Crippen molar-refractivity contribution < 1.29 is 9.90 Å². The van der Waals surface area contributed by atoms with Crippen LogP contribution < -0.4 is 0 Å². The highest BCUT2D eigenvalue weighted by Crippen LogP contribution is 2.24. The van der Waals surface area contributed by atoms with Crippen molar-refractivity contribution >= 4 is 5.91 Å². The average molecular weight is 282 g/mol. The first kappa shape index (κ1) is 15.8. The van der Waals surface area contributed by atoms with E-state index in [9.17, 15) is 9.90 Å². The summed E-state index contributed by atoms with van der Waals surface area (Å²) in [5.41, 5.74) is 0. The van der Waals surface area contributed by atoms with Crippen LogP contribution in [0.25, 0.3) is 0 Å². The van der Waals surface area contributed by atoms with Crippen LogP contribution in [0.15, 0.2) is 0 Å². The number of nitrogens with zero attached hydrogens (tertiary/aromatic N) is 2. The maximum absolute atomic E-state index is 12.3. The van der Waals surface area contributed by atoms with Gasteiger partial charge in [0.15, 0.2) is 0 Å². The van der Waals surface area contributed by atoms with Crippen molar-refractivity contribution in [2.24, 2.45) is 5.92 Å². The Hall–Kier alpha value is -0.610. The second-order valence-electron chi connectivity index (χ2n) is 6.60. The predicted molar refractivity (Wildman–Crippen MR) is 80.5 cm³/mol. The normalized spacial score (nSPS) is 28.4. The Labute approximate surface area is 123 Å². The van der Waals surface area contributed by atoms with Gasteiger partial charge in [0, 0.05) is 19.6 Å². The van der Waals surface area contributed by atoms with Crippen LogP contribution in [-0.2, 0) is 4.79 Å². The van der Waals surface area contributed by atoms with Crippen LogP contribution in [0.5, 0.6) is 0 Å². The molecule has 2 unspecified atom stereocenters. The first-order valence-electron chi connectivity index (χ1n) is 8.31. The summed E-state index contributed by atoms with van der Waals surface area (Å²) >= 11 is 0. The Balaban J connectivity index is 1.74. The maximum atomic E-state index is 12.3. The third-order valence-electron chi connectivity index (χ3n) is 4.78. The van der Waals surface area contributed by atoms with E-state index in [0.717, 1.165) is 51.7 Å². The third-order valence-corrected chi connectivity index (χ3v) is 4.78. The zero-order valence-corrected chi connectivity index (χ0v) is 12.9. The molecule has 0 aromatic carbocycles. The highest BCUT2D eigenvalue weighted by Gasteiger charge is 2.25. The fourth-order valence-corrected chi connectivity index (χ4v) is 3.52. The molecule has 1 aliphatic carbocycles. The van der Waals surface area contributed by atoms with Crippen molar-refractivity contribution in [3.8, 4) is 0 Å². The molecule has 2 fully saturated rings. The molecule has 1 saturated carbocycles. The second kappa shape index (κ2) is 7.99. The molecule has 0 radical (unpaired) electrons. The van der Waals surface area contributed by atoms with Gasteiger partial charge in [0.25, 0.3) is 0 Å². The number of likely N-dealkylation sites (N-methyl/N-ethyl adjacent to an activating group) is 1. The highest BCUT2D eigenvalue weighted by molar-refractivity contribution is 5.78. The van der Waals surface area contributed by atoms with Gasteiger partial charge in [-0.25, -0.2) is 0 Å². The standard InChI is InChI=1S/C16H30N2O2/c1-17(12-14-8-4-5-9-15(14)19)13-16(20)18-10-6-2-3-7-11-18/h14-15,19H,2-13H2,1H3. The number of rotatable bonds is 4. The van der Waals surface area contributed by atoms with Crippen LogP contribution in [0, 0.1) is 5.92 Å². The number of carbonyl (C=O) groups is 1. The molecule has 116 valence electrons. The quantitative estimate of drug-likeness (QED) is 0.856. The first-order valence-corrected chi connectivity index (χ1v) is 8.31. The zero-order chi connectivity index (χ0) is 14.4. The zero-order valence-electron chi connectivity index (χ0n) is 12.9. The van der Waals surface area contributed by atoms with Crippen LogP contribution in [0.3, 0.4) is 0 Å². The minimum absolute atomic E-state index is 0.167. The van der Waals surface area contributed by atoms with E-state index in [0.29, 0.717) is 12.5 Å². The third kappa shape index (κ3) is 4.74. The lowest BCUT2D eigenvalue weighted by molar-refractivity contribution is -0.132. The second-order valence-corrected chi connectivity index (χ2v) is 6.60. The van der Waals surface area contributed by atoms with Crippen LogP contribution in [-0.4, -0.2) is 60.1 Å². The number of aliphatic hydroxyl groups excluding tert-OH is 1. The van der Waals surface area contributed by atoms with E-state index in [2.05, 4.69) is 4.90 Å². The molecule has 1 heterocycles. The lowest BCUT2D eigenvalue weighted by atomic mass is 9.86. The summed E-state index contributed by atoms with van der Waals surface area (Å²) in [6.07, 6.45) is 9.04. The molecule has 20 heavy (non-hydrogen) atoms. The van der Waals surface area contributed by atoms with E-state index in [1.165, 1.54) is 19.3 Å². The number of aliphatic hydroxyl groups is 1. The number of carbonyl (C=O) groups excluding carboxylic acids is 1. The summed E-state index contributed by atoms with van der Waals surface area (Å²) in [5, 5.41) is 10.0. The van der Waals surface area contributed by atoms with Gasteiger partial charge in [-0.2, -0.15) is 0 Å². The van der Waals surface area contributed by atoms with Crippen molar-refractivity contribution in [2.45, 2.75) is 57.5 Å². The van der Waals surface area contributed by atoms with Crippen LogP contribution in [0.2, 0.25) is 0 Å². The molecular weight excluding hydrogens is 252 g/mol. The molecule has 2 aliphatic rings. The van der Waals surface area contributed by atoms with Gasteiger partial charge >= 0.3 is 0 Å². The Morgan fingerprint density at radius 2 is 1.75 bits per heavy atom. The smallest absolute Gasteiger partial charge is 0.236 e. The molecule has 1 amide bonds. The summed E-state index contributed by atoms with van der Waals surface area (Å²) in [6.45, 7) is 3.21. The average Bonchev–Trinajstić information content (AvgIpc) is 2.70. The van der Waals surface area contributed by atoms with Crippen molar-refractivity contribution in [3.63, 3.8) is 0 Å². The summed E-state index contributed by atoms with van der Waals surface area (Å²) < 4.78 is 0. The molecule has 4 nitrogen and oxygen atoms in total. The Bertz CT molecular complexity index is 301. The van der Waals surface area contributed by atoms with Gasteiger partial charge in [-0.05, 0) is 38.6 Å². The Morgan fingerprint density at radius 3 is 2.40 bits per heavy atom. The molecular formula is C16H30N2O2. The molecule has 0 aromatic heterocycles. The van der Waals surface area contributed by atoms with Crippen LogP contribution in [0.1, 0.15) is 51.4 Å².